The molecule has 0 spiro atoms. The molecule has 362 valence electrons. The Bertz CT molecular complexity index is 933. The fraction of sp³-hybridized carbons (Fsp3) is 0.945. The van der Waals surface area contributed by atoms with Crippen LogP contribution in [-0.4, -0.2) is 37.2 Å². The Balaban J connectivity index is 4.26. The summed E-state index contributed by atoms with van der Waals surface area (Å²) in [6.45, 7) is 11.4. The van der Waals surface area contributed by atoms with Crippen molar-refractivity contribution in [3.8, 4) is 0 Å². The van der Waals surface area contributed by atoms with Crippen LogP contribution in [0.3, 0.4) is 0 Å². The molecule has 0 aromatic carbocycles. The van der Waals surface area contributed by atoms with Gasteiger partial charge in [0, 0.05) is 19.3 Å². The highest BCUT2D eigenvalue weighted by Crippen LogP contribution is 2.18. The second-order valence-corrected chi connectivity index (χ2v) is 19.6. The van der Waals surface area contributed by atoms with E-state index in [2.05, 4.69) is 34.6 Å². The van der Waals surface area contributed by atoms with Gasteiger partial charge in [0.2, 0.25) is 0 Å². The van der Waals surface area contributed by atoms with Gasteiger partial charge in [-0.15, -0.1) is 0 Å². The third-order valence-electron chi connectivity index (χ3n) is 12.8. The maximum Gasteiger partial charge on any atom is 0.306 e. The lowest BCUT2D eigenvalue weighted by Crippen LogP contribution is -2.30. The first-order chi connectivity index (χ1) is 29.8. The summed E-state index contributed by atoms with van der Waals surface area (Å²) in [5.41, 5.74) is 0. The van der Waals surface area contributed by atoms with Crippen molar-refractivity contribution >= 4 is 17.9 Å². The van der Waals surface area contributed by atoms with E-state index in [1.807, 2.05) is 0 Å². The third kappa shape index (κ3) is 47.7. The van der Waals surface area contributed by atoms with E-state index in [9.17, 15) is 14.4 Å². The molecule has 0 saturated heterocycles. The molecule has 0 saturated carbocycles. The maximum absolute atomic E-state index is 12.8. The molecule has 0 N–H and O–H groups in total. The topological polar surface area (TPSA) is 78.9 Å². The van der Waals surface area contributed by atoms with Gasteiger partial charge >= 0.3 is 17.9 Å². The van der Waals surface area contributed by atoms with Crippen LogP contribution in [0.25, 0.3) is 0 Å². The number of unbranched alkanes of at least 4 members (excludes halogenated alkanes) is 33. The van der Waals surface area contributed by atoms with Gasteiger partial charge in [0.15, 0.2) is 6.10 Å². The first-order valence-electron chi connectivity index (χ1n) is 27.3. The van der Waals surface area contributed by atoms with Crippen LogP contribution in [0.1, 0.15) is 304 Å². The Hall–Kier alpha value is -1.59. The van der Waals surface area contributed by atoms with E-state index in [1.165, 1.54) is 193 Å². The number of hydrogen-bond acceptors (Lipinski definition) is 6. The second-order valence-electron chi connectivity index (χ2n) is 19.6. The largest absolute Gasteiger partial charge is 0.462 e. The summed E-state index contributed by atoms with van der Waals surface area (Å²) >= 11 is 0. The number of esters is 3. The lowest BCUT2D eigenvalue weighted by molar-refractivity contribution is -0.167. The van der Waals surface area contributed by atoms with Gasteiger partial charge in [-0.2, -0.15) is 0 Å². The van der Waals surface area contributed by atoms with Crippen molar-refractivity contribution in [3.63, 3.8) is 0 Å². The van der Waals surface area contributed by atoms with Gasteiger partial charge in [0.1, 0.15) is 13.2 Å². The Morgan fingerprint density at radius 1 is 0.344 bits per heavy atom. The van der Waals surface area contributed by atoms with Gasteiger partial charge in [0.05, 0.1) is 0 Å². The van der Waals surface area contributed by atoms with Crippen LogP contribution in [0.15, 0.2) is 0 Å². The molecule has 2 atom stereocenters. The van der Waals surface area contributed by atoms with Crippen molar-refractivity contribution in [1.82, 2.24) is 0 Å². The average molecular weight is 863 g/mol. The molecule has 0 aliphatic heterocycles. The molecule has 0 aliphatic rings. The molecular weight excluding hydrogens is 757 g/mol. The highest BCUT2D eigenvalue weighted by molar-refractivity contribution is 5.71. The highest BCUT2D eigenvalue weighted by Gasteiger charge is 2.19. The van der Waals surface area contributed by atoms with Crippen molar-refractivity contribution in [2.24, 2.45) is 11.8 Å². The summed E-state index contributed by atoms with van der Waals surface area (Å²) < 4.78 is 16.8. The van der Waals surface area contributed by atoms with Gasteiger partial charge in [-0.05, 0) is 31.1 Å². The Morgan fingerprint density at radius 3 is 0.934 bits per heavy atom. The minimum Gasteiger partial charge on any atom is -0.462 e. The molecular formula is C55H106O6. The molecule has 0 aromatic rings. The molecule has 0 rings (SSSR count). The van der Waals surface area contributed by atoms with Crippen LogP contribution in [0, 0.1) is 11.8 Å². The first-order valence-corrected chi connectivity index (χ1v) is 27.3. The molecule has 0 heterocycles. The Morgan fingerprint density at radius 2 is 0.623 bits per heavy atom. The second kappa shape index (κ2) is 47.9. The van der Waals surface area contributed by atoms with Gasteiger partial charge in [-0.1, -0.05) is 266 Å². The molecule has 61 heavy (non-hydrogen) atoms. The minimum atomic E-state index is -0.762. The summed E-state index contributed by atoms with van der Waals surface area (Å²) in [5.74, 6) is 0.802. The van der Waals surface area contributed by atoms with Crippen LogP contribution in [-0.2, 0) is 28.6 Å². The zero-order valence-corrected chi connectivity index (χ0v) is 41.8. The van der Waals surface area contributed by atoms with E-state index in [1.54, 1.807) is 0 Å². The van der Waals surface area contributed by atoms with E-state index in [0.29, 0.717) is 19.3 Å². The standard InChI is InChI=1S/C55H106O6/c1-6-8-9-10-11-12-13-14-15-16-17-18-19-20-21-26-31-37-42-47-55(58)61-52(49-60-54(57)46-41-36-32-27-28-33-38-43-50(3)4)48-59-53(56)45-40-35-30-25-23-22-24-29-34-39-44-51(5)7-2/h50-52H,6-49H2,1-5H3/t51?,52-/m0/s1. The molecule has 0 aliphatic carbocycles. The summed E-state index contributed by atoms with van der Waals surface area (Å²) in [7, 11) is 0. The van der Waals surface area contributed by atoms with Gasteiger partial charge in [0.25, 0.3) is 0 Å². The van der Waals surface area contributed by atoms with Crippen molar-refractivity contribution in [3.05, 3.63) is 0 Å². The molecule has 6 heteroatoms. The van der Waals surface area contributed by atoms with Gasteiger partial charge in [-0.3, -0.25) is 14.4 Å². The lowest BCUT2D eigenvalue weighted by Gasteiger charge is -2.18. The molecule has 0 radical (unpaired) electrons. The van der Waals surface area contributed by atoms with Crippen LogP contribution in [0.2, 0.25) is 0 Å². The molecule has 0 aromatic heterocycles. The van der Waals surface area contributed by atoms with E-state index in [4.69, 9.17) is 14.2 Å². The molecule has 0 bridgehead atoms. The summed E-state index contributed by atoms with van der Waals surface area (Å²) in [6, 6.07) is 0. The van der Waals surface area contributed by atoms with E-state index in [-0.39, 0.29) is 31.1 Å². The number of carbonyl (C=O) groups is 3. The minimum absolute atomic E-state index is 0.0643. The summed E-state index contributed by atoms with van der Waals surface area (Å²) in [4.78, 5) is 38.0. The van der Waals surface area contributed by atoms with Crippen molar-refractivity contribution in [2.75, 3.05) is 13.2 Å². The van der Waals surface area contributed by atoms with Crippen LogP contribution in [0.4, 0.5) is 0 Å². The maximum atomic E-state index is 12.8. The quantitative estimate of drug-likeness (QED) is 0.0344. The monoisotopic (exact) mass is 863 g/mol. The Kier molecular flexibility index (Phi) is 46.6. The van der Waals surface area contributed by atoms with Gasteiger partial charge < -0.3 is 14.2 Å². The molecule has 0 amide bonds. The predicted molar refractivity (Wildman–Crippen MR) is 261 cm³/mol. The summed E-state index contributed by atoms with van der Waals surface area (Å²) in [6.07, 6.45) is 49.5. The van der Waals surface area contributed by atoms with E-state index < -0.39 is 6.10 Å². The third-order valence-corrected chi connectivity index (χ3v) is 12.8. The predicted octanol–water partition coefficient (Wildman–Crippen LogP) is 17.7. The number of carbonyl (C=O) groups excluding carboxylic acids is 3. The number of rotatable bonds is 49. The van der Waals surface area contributed by atoms with Crippen molar-refractivity contribution in [1.29, 1.82) is 0 Å². The fourth-order valence-corrected chi connectivity index (χ4v) is 8.31. The smallest absolute Gasteiger partial charge is 0.306 e. The normalized spacial score (nSPS) is 12.5. The van der Waals surface area contributed by atoms with Gasteiger partial charge in [-0.25, -0.2) is 0 Å². The molecule has 0 fully saturated rings. The molecule has 1 unspecified atom stereocenters. The van der Waals surface area contributed by atoms with E-state index in [0.717, 1.165) is 69.6 Å². The SMILES string of the molecule is CCCCCCCCCCCCCCCCCCCCCC(=O)O[C@@H](COC(=O)CCCCCCCCCCCCC(C)CC)COC(=O)CCCCCCCCCC(C)C. The molecule has 6 nitrogen and oxygen atoms in total. The zero-order chi connectivity index (χ0) is 44.7. The van der Waals surface area contributed by atoms with Crippen molar-refractivity contribution in [2.45, 2.75) is 310 Å². The Labute approximate surface area is 380 Å². The van der Waals surface area contributed by atoms with Crippen molar-refractivity contribution < 1.29 is 28.6 Å². The summed E-state index contributed by atoms with van der Waals surface area (Å²) in [5, 5.41) is 0. The van der Waals surface area contributed by atoms with Crippen LogP contribution in [0.5, 0.6) is 0 Å². The first kappa shape index (κ1) is 59.4. The average Bonchev–Trinajstić information content (AvgIpc) is 3.24. The van der Waals surface area contributed by atoms with Crippen LogP contribution >= 0.6 is 0 Å². The fourth-order valence-electron chi connectivity index (χ4n) is 8.31. The number of hydrogen-bond donors (Lipinski definition) is 0. The van der Waals surface area contributed by atoms with E-state index >= 15 is 0 Å². The lowest BCUT2D eigenvalue weighted by atomic mass is 9.99. The highest BCUT2D eigenvalue weighted by atomic mass is 16.6. The van der Waals surface area contributed by atoms with Crippen LogP contribution < -0.4 is 0 Å². The zero-order valence-electron chi connectivity index (χ0n) is 41.8. The number of ether oxygens (including phenoxy) is 3.